The topological polar surface area (TPSA) is 104 Å². The van der Waals surface area contributed by atoms with Crippen molar-refractivity contribution in [1.82, 2.24) is 5.32 Å². The van der Waals surface area contributed by atoms with Crippen molar-refractivity contribution in [3.8, 4) is 0 Å². The molecule has 0 bridgehead atoms. The Bertz CT molecular complexity index is 599. The van der Waals surface area contributed by atoms with Gasteiger partial charge in [-0.2, -0.15) is 0 Å². The molecule has 0 fully saturated rings. The Balaban J connectivity index is 2.65. The first-order valence-electron chi connectivity index (χ1n) is 8.17. The van der Waals surface area contributed by atoms with Crippen LogP contribution in [0.4, 0.5) is 0 Å². The fraction of sp³-hybridized carbons (Fsp3) is 0.611. The van der Waals surface area contributed by atoms with E-state index >= 15 is 0 Å². The first-order chi connectivity index (χ1) is 11.1. The fourth-order valence-electron chi connectivity index (χ4n) is 2.64. The van der Waals surface area contributed by atoms with Crippen LogP contribution in [0.3, 0.4) is 0 Å². The van der Waals surface area contributed by atoms with E-state index in [1.807, 2.05) is 0 Å². The summed E-state index contributed by atoms with van der Waals surface area (Å²) in [4.78, 5) is 36.0. The maximum Gasteiger partial charge on any atom is 0.220 e. The van der Waals surface area contributed by atoms with E-state index in [4.69, 9.17) is 5.11 Å². The van der Waals surface area contributed by atoms with Gasteiger partial charge in [0, 0.05) is 35.3 Å². The van der Waals surface area contributed by atoms with Crippen molar-refractivity contribution in [2.24, 2.45) is 0 Å². The lowest BCUT2D eigenvalue weighted by atomic mass is 9.82. The van der Waals surface area contributed by atoms with Gasteiger partial charge in [-0.05, 0) is 47.0 Å². The lowest BCUT2D eigenvalue weighted by molar-refractivity contribution is -0.122. The molecule has 1 aliphatic carbocycles. The number of aliphatic hydroxyl groups excluding tert-OH is 1. The molecule has 1 rings (SSSR count). The third-order valence-corrected chi connectivity index (χ3v) is 4.55. The van der Waals surface area contributed by atoms with Gasteiger partial charge in [0.05, 0.1) is 12.2 Å². The average Bonchev–Trinajstić information content (AvgIpc) is 2.54. The smallest absolute Gasteiger partial charge is 0.220 e. The number of rotatable bonds is 8. The number of nitrogens with one attached hydrogen (secondary N) is 1. The van der Waals surface area contributed by atoms with E-state index in [0.717, 1.165) is 0 Å². The number of hydrogen-bond acceptors (Lipinski definition) is 5. The molecule has 1 unspecified atom stereocenters. The van der Waals surface area contributed by atoms with Crippen LogP contribution in [0.15, 0.2) is 22.3 Å². The van der Waals surface area contributed by atoms with Gasteiger partial charge >= 0.3 is 0 Å². The van der Waals surface area contributed by atoms with Gasteiger partial charge in [0.25, 0.3) is 0 Å². The van der Waals surface area contributed by atoms with Crippen molar-refractivity contribution in [3.05, 3.63) is 22.3 Å². The van der Waals surface area contributed by atoms with Gasteiger partial charge in [0.2, 0.25) is 5.91 Å². The van der Waals surface area contributed by atoms with Gasteiger partial charge in [-0.3, -0.25) is 14.4 Å². The number of Topliss-reactive ketones (excluding diaryl/α,β-unsaturated/α-hetero) is 2. The summed E-state index contributed by atoms with van der Waals surface area (Å²) in [5.41, 5.74) is 0.724. The Labute approximate surface area is 142 Å². The van der Waals surface area contributed by atoms with Crippen molar-refractivity contribution in [1.29, 1.82) is 0 Å². The Kier molecular flexibility index (Phi) is 7.05. The standard InChI is InChI=1S/C18H27NO5/c1-11-12(2)17(23)14(13(3)16(11)22)5-7-18(4,24)8-6-15(21)19-9-10-20/h20,24H,5-10H2,1-4H3,(H,19,21). The highest BCUT2D eigenvalue weighted by Crippen LogP contribution is 2.30. The van der Waals surface area contributed by atoms with Crippen LogP contribution in [0.1, 0.15) is 53.4 Å². The van der Waals surface area contributed by atoms with E-state index in [2.05, 4.69) is 5.32 Å². The number of ketones is 2. The van der Waals surface area contributed by atoms with Crippen LogP contribution in [-0.4, -0.2) is 46.4 Å². The minimum atomic E-state index is -1.11. The Morgan fingerprint density at radius 3 is 2.21 bits per heavy atom. The van der Waals surface area contributed by atoms with Gasteiger partial charge in [-0.15, -0.1) is 0 Å². The second-order valence-corrected chi connectivity index (χ2v) is 6.58. The molecule has 0 aliphatic heterocycles. The third kappa shape index (κ3) is 5.11. The van der Waals surface area contributed by atoms with Crippen molar-refractivity contribution in [2.45, 2.75) is 59.0 Å². The molecule has 3 N–H and O–H groups in total. The molecular weight excluding hydrogens is 310 g/mol. The zero-order chi connectivity index (χ0) is 18.5. The number of aliphatic hydroxyl groups is 2. The van der Waals surface area contributed by atoms with Crippen LogP contribution in [-0.2, 0) is 14.4 Å². The molecule has 1 atom stereocenters. The van der Waals surface area contributed by atoms with Crippen LogP contribution >= 0.6 is 0 Å². The van der Waals surface area contributed by atoms with E-state index in [1.54, 1.807) is 27.7 Å². The lowest BCUT2D eigenvalue weighted by Crippen LogP contribution is -2.31. The van der Waals surface area contributed by atoms with Crippen molar-refractivity contribution < 1.29 is 24.6 Å². The summed E-state index contributed by atoms with van der Waals surface area (Å²) >= 11 is 0. The summed E-state index contributed by atoms with van der Waals surface area (Å²) in [5.74, 6) is -0.496. The zero-order valence-electron chi connectivity index (χ0n) is 14.9. The first-order valence-corrected chi connectivity index (χ1v) is 8.17. The molecule has 0 aromatic rings. The average molecular weight is 337 g/mol. The summed E-state index contributed by atoms with van der Waals surface area (Å²) in [6.45, 7) is 6.61. The minimum absolute atomic E-state index is 0.120. The fourth-order valence-corrected chi connectivity index (χ4v) is 2.64. The molecule has 0 saturated carbocycles. The van der Waals surface area contributed by atoms with Crippen molar-refractivity contribution in [2.75, 3.05) is 13.2 Å². The van der Waals surface area contributed by atoms with Crippen LogP contribution < -0.4 is 5.32 Å². The van der Waals surface area contributed by atoms with Crippen molar-refractivity contribution in [3.63, 3.8) is 0 Å². The number of carbonyl (C=O) groups excluding carboxylic acids is 3. The van der Waals surface area contributed by atoms with Gasteiger partial charge < -0.3 is 15.5 Å². The second kappa shape index (κ2) is 8.35. The Morgan fingerprint density at radius 2 is 1.62 bits per heavy atom. The zero-order valence-corrected chi connectivity index (χ0v) is 14.9. The molecule has 24 heavy (non-hydrogen) atoms. The minimum Gasteiger partial charge on any atom is -0.395 e. The number of amides is 1. The summed E-state index contributed by atoms with van der Waals surface area (Å²) in [6, 6.07) is 0. The lowest BCUT2D eigenvalue weighted by Gasteiger charge is -2.25. The summed E-state index contributed by atoms with van der Waals surface area (Å²) in [7, 11) is 0. The van der Waals surface area contributed by atoms with Gasteiger partial charge in [0.1, 0.15) is 0 Å². The molecule has 0 radical (unpaired) electrons. The maximum absolute atomic E-state index is 12.4. The van der Waals surface area contributed by atoms with Crippen LogP contribution in [0, 0.1) is 0 Å². The highest BCUT2D eigenvalue weighted by molar-refractivity contribution is 6.24. The van der Waals surface area contributed by atoms with Gasteiger partial charge in [0.15, 0.2) is 11.6 Å². The van der Waals surface area contributed by atoms with Gasteiger partial charge in [-0.1, -0.05) is 0 Å². The van der Waals surface area contributed by atoms with E-state index in [0.29, 0.717) is 28.7 Å². The monoisotopic (exact) mass is 337 g/mol. The van der Waals surface area contributed by atoms with Crippen molar-refractivity contribution >= 4 is 17.5 Å². The second-order valence-electron chi connectivity index (χ2n) is 6.58. The predicted molar refractivity (Wildman–Crippen MR) is 90.3 cm³/mol. The van der Waals surface area contributed by atoms with E-state index in [1.165, 1.54) is 0 Å². The highest BCUT2D eigenvalue weighted by Gasteiger charge is 2.30. The predicted octanol–water partition coefficient (Wildman–Crippen LogP) is 1.21. The molecule has 0 aromatic carbocycles. The number of allylic oxidation sites excluding steroid dienone is 4. The summed E-state index contributed by atoms with van der Waals surface area (Å²) < 4.78 is 0. The largest absolute Gasteiger partial charge is 0.395 e. The molecule has 1 aliphatic rings. The quantitative estimate of drug-likeness (QED) is 0.578. The molecule has 0 saturated heterocycles. The van der Waals surface area contributed by atoms with E-state index in [9.17, 15) is 19.5 Å². The van der Waals surface area contributed by atoms with Crippen LogP contribution in [0.25, 0.3) is 0 Å². The number of carbonyl (C=O) groups is 3. The molecule has 6 nitrogen and oxygen atoms in total. The molecule has 0 heterocycles. The molecular formula is C18H27NO5. The molecule has 134 valence electrons. The molecule has 0 spiro atoms. The Morgan fingerprint density at radius 1 is 1.04 bits per heavy atom. The maximum atomic E-state index is 12.4. The van der Waals surface area contributed by atoms with Crippen LogP contribution in [0.5, 0.6) is 0 Å². The van der Waals surface area contributed by atoms with Crippen LogP contribution in [0.2, 0.25) is 0 Å². The summed E-state index contributed by atoms with van der Waals surface area (Å²) in [6.07, 6.45) is 0.965. The van der Waals surface area contributed by atoms with E-state index < -0.39 is 5.60 Å². The number of hydrogen-bond donors (Lipinski definition) is 3. The Hall–Kier alpha value is -1.79. The summed E-state index contributed by atoms with van der Waals surface area (Å²) in [5, 5.41) is 21.6. The van der Waals surface area contributed by atoms with E-state index in [-0.39, 0.29) is 49.9 Å². The highest BCUT2D eigenvalue weighted by atomic mass is 16.3. The van der Waals surface area contributed by atoms with Gasteiger partial charge in [-0.25, -0.2) is 0 Å². The normalized spacial score (nSPS) is 18.1. The molecule has 0 aromatic heterocycles. The first kappa shape index (κ1) is 20.3. The SMILES string of the molecule is CC1=C(C)C(=O)C(CCC(C)(O)CCC(=O)NCCO)=C(C)C1=O. The third-order valence-electron chi connectivity index (χ3n) is 4.55. The molecule has 6 heteroatoms. The molecule has 1 amide bonds.